The quantitative estimate of drug-likeness (QED) is 0.800. The summed E-state index contributed by atoms with van der Waals surface area (Å²) >= 11 is 0. The van der Waals surface area contributed by atoms with Gasteiger partial charge in [-0.2, -0.15) is 0 Å². The van der Waals surface area contributed by atoms with Crippen LogP contribution >= 0.6 is 0 Å². The molecule has 6 heteroatoms. The van der Waals surface area contributed by atoms with Crippen LogP contribution in [0.15, 0.2) is 34.9 Å². The molecule has 0 fully saturated rings. The van der Waals surface area contributed by atoms with Crippen molar-refractivity contribution in [1.29, 1.82) is 0 Å². The van der Waals surface area contributed by atoms with E-state index in [1.165, 1.54) is 0 Å². The molecule has 1 heterocycles. The normalized spacial score (nSPS) is 10.1. The number of carbonyl (C=O) groups is 1. The number of nitrogens with two attached hydrogens (primary N) is 1. The standard InChI is InChI=1S/C12H13N3O3/c1-8-6-12(18-15-8)14-11(16)7-17-10-4-2-9(13)3-5-10/h2-6H,7,13H2,1H3,(H,14,16). The second-order valence-corrected chi connectivity index (χ2v) is 3.74. The summed E-state index contributed by atoms with van der Waals surface area (Å²) in [5.41, 5.74) is 6.87. The molecule has 0 spiro atoms. The third-order valence-electron chi connectivity index (χ3n) is 2.14. The van der Waals surface area contributed by atoms with Gasteiger partial charge in [0.15, 0.2) is 6.61 Å². The van der Waals surface area contributed by atoms with Crippen molar-refractivity contribution in [1.82, 2.24) is 5.16 Å². The molecule has 0 atom stereocenters. The van der Waals surface area contributed by atoms with Crippen molar-refractivity contribution in [3.8, 4) is 5.75 Å². The zero-order valence-corrected chi connectivity index (χ0v) is 9.84. The Balaban J connectivity index is 1.83. The van der Waals surface area contributed by atoms with Gasteiger partial charge in [0.05, 0.1) is 5.69 Å². The first-order valence-electron chi connectivity index (χ1n) is 5.35. The first kappa shape index (κ1) is 12.0. The summed E-state index contributed by atoms with van der Waals surface area (Å²) in [6.07, 6.45) is 0. The number of nitrogen functional groups attached to an aromatic ring is 1. The monoisotopic (exact) mass is 247 g/mol. The van der Waals surface area contributed by atoms with Crippen LogP contribution in [0.1, 0.15) is 5.69 Å². The topological polar surface area (TPSA) is 90.4 Å². The van der Waals surface area contributed by atoms with Crippen molar-refractivity contribution in [2.75, 3.05) is 17.7 Å². The van der Waals surface area contributed by atoms with Gasteiger partial charge in [-0.3, -0.25) is 10.1 Å². The maximum Gasteiger partial charge on any atom is 0.264 e. The molecule has 18 heavy (non-hydrogen) atoms. The van der Waals surface area contributed by atoms with Gasteiger partial charge in [-0.25, -0.2) is 0 Å². The first-order valence-corrected chi connectivity index (χ1v) is 5.35. The number of ether oxygens (including phenoxy) is 1. The zero-order valence-electron chi connectivity index (χ0n) is 9.84. The van der Waals surface area contributed by atoms with Crippen LogP contribution in [-0.2, 0) is 4.79 Å². The molecular formula is C12H13N3O3. The Morgan fingerprint density at radius 3 is 2.78 bits per heavy atom. The molecule has 0 bridgehead atoms. The fourth-order valence-corrected chi connectivity index (χ4v) is 1.31. The van der Waals surface area contributed by atoms with Gasteiger partial charge in [-0.05, 0) is 31.2 Å². The number of aromatic nitrogens is 1. The third-order valence-corrected chi connectivity index (χ3v) is 2.14. The molecule has 0 saturated heterocycles. The van der Waals surface area contributed by atoms with E-state index in [2.05, 4.69) is 10.5 Å². The van der Waals surface area contributed by atoms with Crippen molar-refractivity contribution in [2.24, 2.45) is 0 Å². The Labute approximate surface area is 104 Å². The van der Waals surface area contributed by atoms with Gasteiger partial charge in [0.25, 0.3) is 5.91 Å². The lowest BCUT2D eigenvalue weighted by atomic mass is 10.3. The fourth-order valence-electron chi connectivity index (χ4n) is 1.31. The Kier molecular flexibility index (Phi) is 3.47. The molecule has 0 saturated carbocycles. The summed E-state index contributed by atoms with van der Waals surface area (Å²) in [5, 5.41) is 6.18. The van der Waals surface area contributed by atoms with Crippen LogP contribution < -0.4 is 15.8 Å². The van der Waals surface area contributed by atoms with Crippen LogP contribution in [0.4, 0.5) is 11.6 Å². The number of benzene rings is 1. The molecule has 1 aromatic heterocycles. The molecule has 0 aliphatic carbocycles. The van der Waals surface area contributed by atoms with Crippen molar-refractivity contribution in [3.63, 3.8) is 0 Å². The number of hydrogen-bond donors (Lipinski definition) is 2. The summed E-state index contributed by atoms with van der Waals surface area (Å²) < 4.78 is 10.1. The molecule has 0 unspecified atom stereocenters. The minimum atomic E-state index is -0.317. The first-order chi connectivity index (χ1) is 8.63. The minimum absolute atomic E-state index is 0.107. The number of carbonyl (C=O) groups excluding carboxylic acids is 1. The summed E-state index contributed by atoms with van der Waals surface area (Å²) in [4.78, 5) is 11.5. The highest BCUT2D eigenvalue weighted by atomic mass is 16.5. The number of nitrogens with one attached hydrogen (secondary N) is 1. The van der Waals surface area contributed by atoms with Crippen LogP contribution in [0.2, 0.25) is 0 Å². The predicted molar refractivity (Wildman–Crippen MR) is 66.2 cm³/mol. The molecule has 1 aromatic carbocycles. The molecule has 0 radical (unpaired) electrons. The third kappa shape index (κ3) is 3.24. The largest absolute Gasteiger partial charge is 0.484 e. The number of aryl methyl sites for hydroxylation is 1. The predicted octanol–water partition coefficient (Wildman–Crippen LogP) is 1.58. The van der Waals surface area contributed by atoms with Gasteiger partial charge >= 0.3 is 0 Å². The summed E-state index contributed by atoms with van der Waals surface area (Å²) in [6.45, 7) is 1.66. The average molecular weight is 247 g/mol. The van der Waals surface area contributed by atoms with Crippen LogP contribution in [0, 0.1) is 6.92 Å². The lowest BCUT2D eigenvalue weighted by Crippen LogP contribution is -2.19. The highest BCUT2D eigenvalue weighted by Gasteiger charge is 2.07. The molecule has 6 nitrogen and oxygen atoms in total. The van der Waals surface area contributed by atoms with Gasteiger partial charge in [-0.1, -0.05) is 5.16 Å². The van der Waals surface area contributed by atoms with Crippen molar-refractivity contribution >= 4 is 17.5 Å². The lowest BCUT2D eigenvalue weighted by molar-refractivity contribution is -0.118. The maximum atomic E-state index is 11.5. The fraction of sp³-hybridized carbons (Fsp3) is 0.167. The second-order valence-electron chi connectivity index (χ2n) is 3.74. The second kappa shape index (κ2) is 5.22. The number of nitrogens with zero attached hydrogens (tertiary/aromatic N) is 1. The number of amides is 1. The summed E-state index contributed by atoms with van der Waals surface area (Å²) in [7, 11) is 0. The molecule has 0 aliphatic heterocycles. The Morgan fingerprint density at radius 1 is 1.44 bits per heavy atom. The van der Waals surface area contributed by atoms with Crippen LogP contribution in [0.25, 0.3) is 0 Å². The van der Waals surface area contributed by atoms with E-state index >= 15 is 0 Å². The van der Waals surface area contributed by atoms with Crippen molar-refractivity contribution in [3.05, 3.63) is 36.0 Å². The summed E-state index contributed by atoms with van der Waals surface area (Å²) in [6, 6.07) is 8.42. The van der Waals surface area contributed by atoms with Gasteiger partial charge in [0.2, 0.25) is 5.88 Å². The minimum Gasteiger partial charge on any atom is -0.484 e. The lowest BCUT2D eigenvalue weighted by Gasteiger charge is -2.05. The molecule has 3 N–H and O–H groups in total. The van der Waals surface area contributed by atoms with Crippen molar-refractivity contribution in [2.45, 2.75) is 6.92 Å². The van der Waals surface area contributed by atoms with Gasteiger partial charge in [0, 0.05) is 11.8 Å². The van der Waals surface area contributed by atoms with E-state index in [1.807, 2.05) is 0 Å². The van der Waals surface area contributed by atoms with E-state index in [4.69, 9.17) is 15.0 Å². The van der Waals surface area contributed by atoms with Gasteiger partial charge in [-0.15, -0.1) is 0 Å². The van der Waals surface area contributed by atoms with Crippen LogP contribution in [0.5, 0.6) is 5.75 Å². The van der Waals surface area contributed by atoms with Gasteiger partial charge < -0.3 is 15.0 Å². The van der Waals surface area contributed by atoms with E-state index in [0.717, 1.165) is 0 Å². The number of hydrogen-bond acceptors (Lipinski definition) is 5. The van der Waals surface area contributed by atoms with E-state index in [9.17, 15) is 4.79 Å². The van der Waals surface area contributed by atoms with Crippen LogP contribution in [0.3, 0.4) is 0 Å². The highest BCUT2D eigenvalue weighted by molar-refractivity contribution is 5.90. The Bertz CT molecular complexity index is 534. The van der Waals surface area contributed by atoms with E-state index in [-0.39, 0.29) is 12.5 Å². The Hall–Kier alpha value is -2.50. The zero-order chi connectivity index (χ0) is 13.0. The average Bonchev–Trinajstić information content (AvgIpc) is 2.74. The number of anilines is 2. The molecule has 2 rings (SSSR count). The van der Waals surface area contributed by atoms with E-state index in [0.29, 0.717) is 23.0 Å². The molecule has 0 aliphatic rings. The smallest absolute Gasteiger partial charge is 0.264 e. The van der Waals surface area contributed by atoms with E-state index in [1.54, 1.807) is 37.3 Å². The molecular weight excluding hydrogens is 234 g/mol. The maximum absolute atomic E-state index is 11.5. The van der Waals surface area contributed by atoms with E-state index < -0.39 is 0 Å². The molecule has 1 amide bonds. The van der Waals surface area contributed by atoms with Crippen molar-refractivity contribution < 1.29 is 14.1 Å². The molecule has 2 aromatic rings. The SMILES string of the molecule is Cc1cc(NC(=O)COc2ccc(N)cc2)on1. The van der Waals surface area contributed by atoms with Crippen LogP contribution in [-0.4, -0.2) is 17.7 Å². The molecule has 94 valence electrons. The van der Waals surface area contributed by atoms with Gasteiger partial charge in [0.1, 0.15) is 5.75 Å². The number of rotatable bonds is 4. The Morgan fingerprint density at radius 2 is 2.17 bits per heavy atom. The highest BCUT2D eigenvalue weighted by Crippen LogP contribution is 2.13. The summed E-state index contributed by atoms with van der Waals surface area (Å²) in [5.74, 6) is 0.564.